The maximum atomic E-state index is 12.9. The van der Waals surface area contributed by atoms with Gasteiger partial charge in [0.25, 0.3) is 5.91 Å². The van der Waals surface area contributed by atoms with E-state index in [2.05, 4.69) is 35.8 Å². The van der Waals surface area contributed by atoms with Gasteiger partial charge in [-0.3, -0.25) is 4.79 Å². The van der Waals surface area contributed by atoms with Crippen molar-refractivity contribution < 1.29 is 18.9 Å². The van der Waals surface area contributed by atoms with Crippen LogP contribution in [0.25, 0.3) is 17.1 Å². The molecule has 12 nitrogen and oxygen atoms in total. The third kappa shape index (κ3) is 3.81. The van der Waals surface area contributed by atoms with Gasteiger partial charge in [0.2, 0.25) is 18.4 Å². The van der Waals surface area contributed by atoms with Gasteiger partial charge >= 0.3 is 0 Å². The summed E-state index contributed by atoms with van der Waals surface area (Å²) in [6, 6.07) is 10.1. The molecule has 1 amide bonds. The Bertz CT molecular complexity index is 1400. The molecule has 0 saturated carbocycles. The number of carbonyl (C=O) groups excluding carboxylic acids is 1. The first-order valence-corrected chi connectivity index (χ1v) is 10.00. The molecule has 1 aliphatic heterocycles. The minimum atomic E-state index is -0.654. The van der Waals surface area contributed by atoms with Gasteiger partial charge in [-0.05, 0) is 34.6 Å². The number of ether oxygens (including phenoxy) is 2. The van der Waals surface area contributed by atoms with Crippen LogP contribution in [-0.4, -0.2) is 44.2 Å². The number of nitrogens with one attached hydrogen (secondary N) is 1. The quantitative estimate of drug-likeness (QED) is 0.319. The lowest BCUT2D eigenvalue weighted by Gasteiger charge is -2.07. The number of carbonyl (C=O) groups is 1. The van der Waals surface area contributed by atoms with E-state index >= 15 is 0 Å². The average Bonchev–Trinajstić information content (AvgIpc) is 3.54. The van der Waals surface area contributed by atoms with Crippen molar-refractivity contribution in [2.45, 2.75) is 0 Å². The van der Waals surface area contributed by atoms with Crippen molar-refractivity contribution in [3.05, 3.63) is 57.7 Å². The van der Waals surface area contributed by atoms with E-state index in [-0.39, 0.29) is 29.8 Å². The van der Waals surface area contributed by atoms with Crippen molar-refractivity contribution in [2.24, 2.45) is 5.10 Å². The highest BCUT2D eigenvalue weighted by Gasteiger charge is 2.26. The Morgan fingerprint density at radius 1 is 1.18 bits per heavy atom. The second-order valence-electron chi connectivity index (χ2n) is 6.58. The minimum absolute atomic E-state index is 0.0394. The molecule has 14 heteroatoms. The van der Waals surface area contributed by atoms with Crippen LogP contribution in [0.15, 0.2) is 46.1 Å². The van der Waals surface area contributed by atoms with Crippen LogP contribution in [0.3, 0.4) is 0 Å². The van der Waals surface area contributed by atoms with Crippen LogP contribution in [-0.2, 0) is 0 Å². The molecule has 0 saturated heterocycles. The number of anilines is 1. The maximum Gasteiger partial charge on any atom is 0.294 e. The number of fused-ring (bicyclic) bond motifs is 1. The first-order valence-electron chi connectivity index (χ1n) is 9.24. The molecule has 33 heavy (non-hydrogen) atoms. The van der Waals surface area contributed by atoms with Crippen LogP contribution < -0.4 is 20.6 Å². The van der Waals surface area contributed by atoms with E-state index in [1.807, 2.05) is 0 Å². The molecular formula is C19H12Cl2N8O4. The van der Waals surface area contributed by atoms with Gasteiger partial charge in [-0.2, -0.15) is 9.78 Å². The number of nitrogen functional groups attached to an aromatic ring is 1. The van der Waals surface area contributed by atoms with Gasteiger partial charge in [-0.1, -0.05) is 40.5 Å². The third-order valence-corrected chi connectivity index (χ3v) is 5.41. The van der Waals surface area contributed by atoms with Gasteiger partial charge in [-0.25, -0.2) is 10.1 Å². The molecule has 3 heterocycles. The predicted octanol–water partition coefficient (Wildman–Crippen LogP) is 2.70. The fraction of sp³-hybridized carbons (Fsp3) is 0.0526. The number of benzene rings is 2. The Morgan fingerprint density at radius 3 is 2.85 bits per heavy atom. The van der Waals surface area contributed by atoms with Crippen LogP contribution >= 0.6 is 23.2 Å². The highest BCUT2D eigenvalue weighted by molar-refractivity contribution is 6.43. The number of nitrogens with zero attached hydrogens (tertiary/aromatic N) is 6. The highest BCUT2D eigenvalue weighted by Crippen LogP contribution is 2.37. The zero-order valence-electron chi connectivity index (χ0n) is 16.4. The first kappa shape index (κ1) is 20.7. The lowest BCUT2D eigenvalue weighted by Crippen LogP contribution is -2.19. The molecule has 2 aromatic heterocycles. The standard InChI is InChI=1S/C19H12Cl2N8O4/c20-11-3-1-2-10(14(11)21)7-23-25-19(30)15-16(9-4-5-12-13(6-9)32-8-31-12)29(28-24-15)18-17(22)26-33-27-18/h1-7H,8H2,(H2,22,26)(H,25,30)/b23-7-. The molecule has 0 atom stereocenters. The van der Waals surface area contributed by atoms with Crippen LogP contribution in [0, 0.1) is 0 Å². The lowest BCUT2D eigenvalue weighted by molar-refractivity contribution is 0.0950. The Balaban J connectivity index is 1.51. The molecule has 0 bridgehead atoms. The maximum absolute atomic E-state index is 12.9. The molecular weight excluding hydrogens is 475 g/mol. The zero-order valence-corrected chi connectivity index (χ0v) is 17.9. The van der Waals surface area contributed by atoms with E-state index < -0.39 is 5.91 Å². The Kier molecular flexibility index (Phi) is 5.28. The van der Waals surface area contributed by atoms with Crippen molar-refractivity contribution in [3.8, 4) is 28.6 Å². The van der Waals surface area contributed by atoms with Crippen molar-refractivity contribution in [1.29, 1.82) is 0 Å². The number of aromatic nitrogens is 5. The minimum Gasteiger partial charge on any atom is -0.454 e. The number of amides is 1. The number of hydrogen-bond donors (Lipinski definition) is 2. The molecule has 0 spiro atoms. The first-order chi connectivity index (χ1) is 16.0. The summed E-state index contributed by atoms with van der Waals surface area (Å²) in [7, 11) is 0. The fourth-order valence-corrected chi connectivity index (χ4v) is 3.41. The van der Waals surface area contributed by atoms with Gasteiger partial charge in [0.15, 0.2) is 17.2 Å². The van der Waals surface area contributed by atoms with E-state index in [0.29, 0.717) is 32.7 Å². The molecule has 4 aromatic rings. The summed E-state index contributed by atoms with van der Waals surface area (Å²) in [6.07, 6.45) is 1.36. The summed E-state index contributed by atoms with van der Waals surface area (Å²) in [6.45, 7) is 0.0879. The topological polar surface area (TPSA) is 156 Å². The van der Waals surface area contributed by atoms with Crippen LogP contribution in [0.1, 0.15) is 16.1 Å². The summed E-state index contributed by atoms with van der Waals surface area (Å²) < 4.78 is 16.7. The van der Waals surface area contributed by atoms with Crippen molar-refractivity contribution in [3.63, 3.8) is 0 Å². The van der Waals surface area contributed by atoms with Gasteiger partial charge in [-0.15, -0.1) is 5.10 Å². The molecule has 2 aromatic carbocycles. The van der Waals surface area contributed by atoms with E-state index in [1.165, 1.54) is 10.9 Å². The molecule has 0 unspecified atom stereocenters. The number of rotatable bonds is 5. The van der Waals surface area contributed by atoms with Crippen LogP contribution in [0.5, 0.6) is 11.5 Å². The van der Waals surface area contributed by atoms with Crippen molar-refractivity contribution in [2.75, 3.05) is 12.5 Å². The zero-order chi connectivity index (χ0) is 22.9. The lowest BCUT2D eigenvalue weighted by atomic mass is 10.1. The Morgan fingerprint density at radius 2 is 2.03 bits per heavy atom. The van der Waals surface area contributed by atoms with Crippen LogP contribution in [0.4, 0.5) is 5.82 Å². The molecule has 0 aliphatic carbocycles. The van der Waals surface area contributed by atoms with Gasteiger partial charge in [0.05, 0.1) is 16.3 Å². The normalized spacial score (nSPS) is 12.4. The predicted molar refractivity (Wildman–Crippen MR) is 117 cm³/mol. The van der Waals surface area contributed by atoms with Crippen LogP contribution in [0.2, 0.25) is 10.0 Å². The number of hydrogen-bond acceptors (Lipinski definition) is 10. The highest BCUT2D eigenvalue weighted by atomic mass is 35.5. The van der Waals surface area contributed by atoms with E-state index in [0.717, 1.165) is 0 Å². The molecule has 5 rings (SSSR count). The second kappa shape index (κ2) is 8.41. The average molecular weight is 487 g/mol. The summed E-state index contributed by atoms with van der Waals surface area (Å²) in [5, 5.41) is 19.9. The molecule has 1 aliphatic rings. The monoisotopic (exact) mass is 486 g/mol. The van der Waals surface area contributed by atoms with E-state index in [1.54, 1.807) is 36.4 Å². The summed E-state index contributed by atoms with van der Waals surface area (Å²) >= 11 is 12.1. The number of nitrogens with two attached hydrogens (primary N) is 1. The second-order valence-corrected chi connectivity index (χ2v) is 7.37. The largest absolute Gasteiger partial charge is 0.454 e. The van der Waals surface area contributed by atoms with Gasteiger partial charge < -0.3 is 15.2 Å². The smallest absolute Gasteiger partial charge is 0.294 e. The molecule has 3 N–H and O–H groups in total. The summed E-state index contributed by atoms with van der Waals surface area (Å²) in [4.78, 5) is 12.9. The van der Waals surface area contributed by atoms with Gasteiger partial charge in [0, 0.05) is 11.1 Å². The third-order valence-electron chi connectivity index (χ3n) is 4.58. The van der Waals surface area contributed by atoms with E-state index in [4.69, 9.17) is 38.4 Å². The molecule has 0 radical (unpaired) electrons. The Hall–Kier alpha value is -4.16. The summed E-state index contributed by atoms with van der Waals surface area (Å²) in [5.41, 5.74) is 9.45. The van der Waals surface area contributed by atoms with Gasteiger partial charge in [0.1, 0.15) is 5.69 Å². The number of halogens is 2. The van der Waals surface area contributed by atoms with E-state index in [9.17, 15) is 4.79 Å². The van der Waals surface area contributed by atoms with Crippen molar-refractivity contribution in [1.82, 2.24) is 30.7 Å². The SMILES string of the molecule is Nc1nonc1-n1nnc(C(=O)N/N=C\c2cccc(Cl)c2Cl)c1-c1ccc2c(c1)OCO2. The number of hydrazone groups is 1. The fourth-order valence-electron chi connectivity index (χ4n) is 3.06. The van der Waals surface area contributed by atoms with Crippen molar-refractivity contribution >= 4 is 41.1 Å². The molecule has 166 valence electrons. The molecule has 0 fully saturated rings. The Labute approximate surface area is 194 Å². The summed E-state index contributed by atoms with van der Waals surface area (Å²) in [5.74, 6) is 0.421.